The summed E-state index contributed by atoms with van der Waals surface area (Å²) in [6.45, 7) is 7.58. The van der Waals surface area contributed by atoms with E-state index in [0.29, 0.717) is 19.7 Å². The van der Waals surface area contributed by atoms with E-state index in [1.807, 2.05) is 35.6 Å². The minimum absolute atomic E-state index is 0.133. The van der Waals surface area contributed by atoms with Crippen LogP contribution in [0.15, 0.2) is 18.5 Å². The predicted octanol–water partition coefficient (Wildman–Crippen LogP) is 1.11. The average Bonchev–Trinajstić information content (AvgIpc) is 3.31. The van der Waals surface area contributed by atoms with Crippen LogP contribution in [0, 0.1) is 13.8 Å². The van der Waals surface area contributed by atoms with E-state index in [9.17, 15) is 4.79 Å². The molecule has 138 valence electrons. The van der Waals surface area contributed by atoms with Crippen LogP contribution < -0.4 is 4.90 Å². The fraction of sp³-hybridized carbons (Fsp3) is 0.556. The van der Waals surface area contributed by atoms with E-state index in [2.05, 4.69) is 20.0 Å². The summed E-state index contributed by atoms with van der Waals surface area (Å²) in [5.41, 5.74) is 2.00. The van der Waals surface area contributed by atoms with Crippen molar-refractivity contribution in [1.29, 1.82) is 0 Å². The third-order valence-corrected chi connectivity index (χ3v) is 4.99. The van der Waals surface area contributed by atoms with Gasteiger partial charge in [0.25, 0.3) is 5.91 Å². The highest BCUT2D eigenvalue weighted by molar-refractivity contribution is 5.81. The Hall–Kier alpha value is -2.48. The van der Waals surface area contributed by atoms with E-state index in [0.717, 1.165) is 49.0 Å². The maximum atomic E-state index is 12.5. The zero-order valence-corrected chi connectivity index (χ0v) is 15.3. The Balaban J connectivity index is 1.44. The number of rotatable bonds is 3. The van der Waals surface area contributed by atoms with Crippen molar-refractivity contribution in [2.45, 2.75) is 32.8 Å². The summed E-state index contributed by atoms with van der Waals surface area (Å²) in [5, 5.41) is 4.49. The first kappa shape index (κ1) is 17.0. The molecule has 1 unspecified atom stereocenters. The van der Waals surface area contributed by atoms with Gasteiger partial charge in [0.15, 0.2) is 5.82 Å². The summed E-state index contributed by atoms with van der Waals surface area (Å²) in [6, 6.07) is 3.98. The van der Waals surface area contributed by atoms with Gasteiger partial charge in [0.1, 0.15) is 18.2 Å². The van der Waals surface area contributed by atoms with Gasteiger partial charge in [-0.15, -0.1) is 0 Å². The molecule has 0 aliphatic carbocycles. The molecule has 2 fully saturated rings. The van der Waals surface area contributed by atoms with Crippen LogP contribution in [0.2, 0.25) is 0 Å². The van der Waals surface area contributed by atoms with E-state index in [4.69, 9.17) is 4.74 Å². The number of hydrogen-bond acceptors (Lipinski definition) is 6. The lowest BCUT2D eigenvalue weighted by atomic mass is 10.2. The van der Waals surface area contributed by atoms with Gasteiger partial charge in [0, 0.05) is 44.5 Å². The molecule has 0 aromatic carbocycles. The fourth-order valence-corrected chi connectivity index (χ4v) is 3.62. The number of aromatic nitrogens is 4. The van der Waals surface area contributed by atoms with Crippen LogP contribution in [0.3, 0.4) is 0 Å². The topological polar surface area (TPSA) is 76.4 Å². The Morgan fingerprint density at radius 1 is 1.12 bits per heavy atom. The summed E-state index contributed by atoms with van der Waals surface area (Å²) in [5.74, 6) is 1.76. The molecule has 1 atom stereocenters. The molecule has 2 aliphatic heterocycles. The highest BCUT2D eigenvalue weighted by Crippen LogP contribution is 2.19. The van der Waals surface area contributed by atoms with Crippen LogP contribution >= 0.6 is 0 Å². The lowest BCUT2D eigenvalue weighted by Crippen LogP contribution is -2.51. The van der Waals surface area contributed by atoms with E-state index >= 15 is 0 Å². The quantitative estimate of drug-likeness (QED) is 0.820. The second kappa shape index (κ2) is 7.03. The van der Waals surface area contributed by atoms with Crippen molar-refractivity contribution in [3.63, 3.8) is 0 Å². The van der Waals surface area contributed by atoms with Crippen molar-refractivity contribution >= 4 is 11.7 Å². The molecule has 0 saturated carbocycles. The van der Waals surface area contributed by atoms with Gasteiger partial charge in [0.05, 0.1) is 5.69 Å². The summed E-state index contributed by atoms with van der Waals surface area (Å²) < 4.78 is 7.35. The van der Waals surface area contributed by atoms with Gasteiger partial charge in [-0.3, -0.25) is 4.79 Å². The Morgan fingerprint density at radius 2 is 1.88 bits per heavy atom. The van der Waals surface area contributed by atoms with Gasteiger partial charge in [-0.2, -0.15) is 5.10 Å². The van der Waals surface area contributed by atoms with Crippen molar-refractivity contribution in [2.75, 3.05) is 37.7 Å². The first-order valence-electron chi connectivity index (χ1n) is 9.13. The molecule has 4 heterocycles. The van der Waals surface area contributed by atoms with Crippen molar-refractivity contribution in [1.82, 2.24) is 24.6 Å². The second-order valence-corrected chi connectivity index (χ2v) is 6.89. The van der Waals surface area contributed by atoms with E-state index in [1.165, 1.54) is 0 Å². The molecule has 0 N–H and O–H groups in total. The smallest absolute Gasteiger partial charge is 0.251 e. The number of carbonyl (C=O) groups excluding carboxylic acids is 1. The molecular weight excluding hydrogens is 332 g/mol. The Kier molecular flexibility index (Phi) is 4.58. The molecule has 1 amide bonds. The summed E-state index contributed by atoms with van der Waals surface area (Å²) in [7, 11) is 0. The molecule has 0 radical (unpaired) electrons. The maximum absolute atomic E-state index is 12.5. The average molecular weight is 356 g/mol. The molecule has 8 heteroatoms. The first-order valence-corrected chi connectivity index (χ1v) is 9.13. The van der Waals surface area contributed by atoms with Crippen LogP contribution in [0.1, 0.15) is 24.2 Å². The van der Waals surface area contributed by atoms with Crippen LogP contribution in [0.4, 0.5) is 5.82 Å². The zero-order chi connectivity index (χ0) is 18.1. The van der Waals surface area contributed by atoms with Gasteiger partial charge in [-0.1, -0.05) is 0 Å². The molecule has 0 bridgehead atoms. The van der Waals surface area contributed by atoms with Crippen molar-refractivity contribution in [3.8, 4) is 5.82 Å². The number of piperazine rings is 1. The standard InChI is InChI=1S/C18H24N6O2/c1-13-10-14(2)24(21-13)17-11-16(19-12-20-17)22-5-7-23(8-6-22)18(25)15-4-3-9-26-15/h10-12,15H,3-9H2,1-2H3. The van der Waals surface area contributed by atoms with Gasteiger partial charge < -0.3 is 14.5 Å². The SMILES string of the molecule is Cc1cc(C)n(-c2cc(N3CCN(C(=O)C4CCCO4)CC3)ncn2)n1. The van der Waals surface area contributed by atoms with E-state index in [-0.39, 0.29) is 12.0 Å². The normalized spacial score (nSPS) is 20.6. The molecule has 26 heavy (non-hydrogen) atoms. The maximum Gasteiger partial charge on any atom is 0.251 e. The zero-order valence-electron chi connectivity index (χ0n) is 15.3. The summed E-state index contributed by atoms with van der Waals surface area (Å²) in [4.78, 5) is 25.3. The number of carbonyl (C=O) groups is 1. The number of hydrogen-bond donors (Lipinski definition) is 0. The third-order valence-electron chi connectivity index (χ3n) is 4.99. The number of nitrogens with zero attached hydrogens (tertiary/aromatic N) is 6. The van der Waals surface area contributed by atoms with Crippen LogP contribution in [0.25, 0.3) is 5.82 Å². The van der Waals surface area contributed by atoms with Gasteiger partial charge in [-0.25, -0.2) is 14.6 Å². The van der Waals surface area contributed by atoms with Crippen LogP contribution in [0.5, 0.6) is 0 Å². The highest BCUT2D eigenvalue weighted by Gasteiger charge is 2.30. The number of aryl methyl sites for hydroxylation is 2. The second-order valence-electron chi connectivity index (χ2n) is 6.89. The Morgan fingerprint density at radius 3 is 2.54 bits per heavy atom. The molecule has 2 aliphatic rings. The van der Waals surface area contributed by atoms with Crippen LogP contribution in [-0.4, -0.2) is 69.4 Å². The molecule has 2 saturated heterocycles. The first-order chi connectivity index (χ1) is 12.6. The highest BCUT2D eigenvalue weighted by atomic mass is 16.5. The minimum Gasteiger partial charge on any atom is -0.368 e. The Labute approximate surface area is 152 Å². The van der Waals surface area contributed by atoms with Gasteiger partial charge in [-0.05, 0) is 32.8 Å². The van der Waals surface area contributed by atoms with Crippen LogP contribution in [-0.2, 0) is 9.53 Å². The summed E-state index contributed by atoms with van der Waals surface area (Å²) in [6.07, 6.45) is 3.16. The van der Waals surface area contributed by atoms with E-state index < -0.39 is 0 Å². The van der Waals surface area contributed by atoms with Crippen molar-refractivity contribution < 1.29 is 9.53 Å². The number of anilines is 1. The fourth-order valence-electron chi connectivity index (χ4n) is 3.62. The predicted molar refractivity (Wildman–Crippen MR) is 96.4 cm³/mol. The minimum atomic E-state index is -0.238. The largest absolute Gasteiger partial charge is 0.368 e. The third kappa shape index (κ3) is 3.29. The molecule has 4 rings (SSSR count). The number of amides is 1. The van der Waals surface area contributed by atoms with Crippen molar-refractivity contribution in [2.24, 2.45) is 0 Å². The van der Waals surface area contributed by atoms with Gasteiger partial charge >= 0.3 is 0 Å². The molecule has 2 aromatic heterocycles. The van der Waals surface area contributed by atoms with E-state index in [1.54, 1.807) is 6.33 Å². The lowest BCUT2D eigenvalue weighted by molar-refractivity contribution is -0.141. The molecule has 8 nitrogen and oxygen atoms in total. The molecular formula is C18H24N6O2. The summed E-state index contributed by atoms with van der Waals surface area (Å²) >= 11 is 0. The van der Waals surface area contributed by atoms with Gasteiger partial charge in [0.2, 0.25) is 0 Å². The number of ether oxygens (including phenoxy) is 1. The lowest BCUT2D eigenvalue weighted by Gasteiger charge is -2.36. The molecule has 2 aromatic rings. The van der Waals surface area contributed by atoms with Crippen molar-refractivity contribution in [3.05, 3.63) is 29.8 Å². The Bertz CT molecular complexity index is 791. The monoisotopic (exact) mass is 356 g/mol. The molecule has 0 spiro atoms.